The van der Waals surface area contributed by atoms with Crippen LogP contribution in [0.5, 0.6) is 0 Å². The second kappa shape index (κ2) is 31.9. The second-order valence-electron chi connectivity index (χ2n) is 24.7. The van der Waals surface area contributed by atoms with Crippen molar-refractivity contribution >= 4 is 54.0 Å². The molecule has 0 spiro atoms. The highest BCUT2D eigenvalue weighted by Crippen LogP contribution is 2.38. The zero-order valence-electron chi connectivity index (χ0n) is 77.0. The Morgan fingerprint density at radius 2 is 0.470 bits per heavy atom. The van der Waals surface area contributed by atoms with E-state index in [0.717, 1.165) is 55.6 Å². The molecule has 4 aromatic heterocycles. The maximum absolute atomic E-state index is 8.30. The summed E-state index contributed by atoms with van der Waals surface area (Å²) < 4.78 is 171. The molecule has 13 heteroatoms. The van der Waals surface area contributed by atoms with Crippen molar-refractivity contribution in [2.24, 2.45) is 0 Å². The van der Waals surface area contributed by atoms with Crippen molar-refractivity contribution in [3.05, 3.63) is 309 Å². The molecule has 0 N–H and O–H groups in total. The fourth-order valence-electron chi connectivity index (χ4n) is 10.6. The van der Waals surface area contributed by atoms with Crippen LogP contribution >= 0.6 is 0 Å². The topological polar surface area (TPSA) is 116 Å². The summed E-state index contributed by atoms with van der Waals surface area (Å²) in [6.45, 7) is -10.8. The van der Waals surface area contributed by atoms with Gasteiger partial charge in [-0.3, -0.25) is 4.98 Å². The van der Waals surface area contributed by atoms with Crippen molar-refractivity contribution < 1.29 is 28.8 Å². The Kier molecular flexibility index (Phi) is 15.3. The lowest BCUT2D eigenvalue weighted by Gasteiger charge is -2.22. The minimum Gasteiger partial charge on any atom is -0.253 e. The van der Waals surface area contributed by atoms with Gasteiger partial charge in [-0.1, -0.05) is 381 Å². The Morgan fingerprint density at radius 3 is 0.800 bits per heavy atom. The average Bonchev–Trinajstić information content (AvgIpc) is 0.747. The SMILES string of the molecule is [2H]C([2H])([2H])[Si](C)(C)c1nc(-c2ccccc2)nc(-c2ccccc2)n1.[2H]C([2H])([2H])[Si](C)(c1nc(-c2ccccc2)c(-c2ccccc2)c(-c2ccccc2)n1)C([2H])([2H])[2H].[2H]C([2H])([2H])[Si](C)(c1nc(-c2ccccc2)c(-c2ccccc2)nc1-c1ccccc1)C([2H])([2H])[2H].[2H]C([2H])([2H])[Si](C)(c1nc(-c2ccccc2)cc(-c2ccccc2)n1)C([2H])([2H])[2H]. The Bertz CT molecular complexity index is 5580. The standard InChI is InChI=1S/2C25H24N2Si.C19H20N2Si.C18H19N3Si/c1-28(2,3)25-24(21-17-11-6-12-18-21)26-22(19-13-7-4-8-14-19)23(27-25)20-15-9-5-10-16-20;1-28(2,3)25-26-23(20-15-9-5-10-16-20)22(19-13-7-4-8-14-19)24(27-25)21-17-11-6-12-18-21;1-22(2,3)19-20-17(15-10-6-4-7-11-15)14-18(21-19)16-12-8-5-9-13-16;1-22(2,3)18-20-16(14-10-6-4-7-11-14)19-17(21-18)15-12-8-5-9-13-15/h2*4-18H,1-3H3;4-14H,1-3H3;4-13H,1-3H3/i3*1D3,2D3;1D3. The number of benzene rings is 10. The predicted octanol–water partition coefficient (Wildman–Crippen LogP) is 20.2. The minimum atomic E-state index is -4.22. The Labute approximate surface area is 625 Å². The molecule has 496 valence electrons. The first kappa shape index (κ1) is 48.1. The summed E-state index contributed by atoms with van der Waals surface area (Å²) in [5.41, 5.74) is 12.2. The van der Waals surface area contributed by atoms with Crippen molar-refractivity contribution in [3.8, 4) is 113 Å². The predicted molar refractivity (Wildman–Crippen MR) is 432 cm³/mol. The van der Waals surface area contributed by atoms with Crippen molar-refractivity contribution in [1.82, 2.24) is 44.9 Å². The van der Waals surface area contributed by atoms with Crippen LogP contribution in [0.1, 0.15) is 28.8 Å². The highest BCUT2D eigenvalue weighted by Gasteiger charge is 2.30. The lowest BCUT2D eigenvalue weighted by atomic mass is 9.94. The number of hydrogen-bond donors (Lipinski definition) is 0. The molecule has 100 heavy (non-hydrogen) atoms. The van der Waals surface area contributed by atoms with Gasteiger partial charge in [-0.05, 0) is 11.6 Å². The van der Waals surface area contributed by atoms with Gasteiger partial charge in [0.2, 0.25) is 0 Å². The highest BCUT2D eigenvalue weighted by atomic mass is 28.3. The van der Waals surface area contributed by atoms with Gasteiger partial charge in [-0.15, -0.1) is 0 Å². The number of hydrogen-bond acceptors (Lipinski definition) is 9. The highest BCUT2D eigenvalue weighted by molar-refractivity contribution is 6.89. The molecule has 0 radical (unpaired) electrons. The normalized spacial score (nSPS) is 15.4. The van der Waals surface area contributed by atoms with Crippen LogP contribution in [0.25, 0.3) is 113 Å². The fraction of sp³-hybridized carbons (Fsp3) is 0.138. The van der Waals surface area contributed by atoms with Crippen LogP contribution in [-0.4, -0.2) is 77.2 Å². The fourth-order valence-corrected chi connectivity index (χ4v) is 13.8. The number of aromatic nitrogens is 9. The van der Waals surface area contributed by atoms with Gasteiger partial charge in [0.15, 0.2) is 11.6 Å². The van der Waals surface area contributed by atoms with Crippen LogP contribution in [0.4, 0.5) is 0 Å². The first-order chi connectivity index (χ1) is 56.9. The molecule has 0 aliphatic carbocycles. The zero-order chi connectivity index (χ0) is 87.8. The number of nitrogens with zero attached hydrogens (tertiary/aromatic N) is 9. The van der Waals surface area contributed by atoms with Gasteiger partial charge in [0, 0.05) is 89.7 Å². The molecular formula is C87H87N9Si4. The first-order valence-corrected chi connectivity index (χ1v) is 43.0. The van der Waals surface area contributed by atoms with Gasteiger partial charge >= 0.3 is 0 Å². The van der Waals surface area contributed by atoms with Crippen LogP contribution in [0.15, 0.2) is 309 Å². The van der Waals surface area contributed by atoms with Crippen molar-refractivity contribution in [2.45, 2.75) is 78.1 Å². The smallest absolute Gasteiger partial charge is 0.163 e. The van der Waals surface area contributed by atoms with E-state index in [2.05, 4.69) is 24.9 Å². The summed E-state index contributed by atoms with van der Waals surface area (Å²) in [6.07, 6.45) is 0. The molecular weight excluding hydrogens is 1280 g/mol. The van der Waals surface area contributed by atoms with Gasteiger partial charge in [-0.2, -0.15) is 0 Å². The summed E-state index contributed by atoms with van der Waals surface area (Å²) >= 11 is 0. The molecule has 0 unspecified atom stereocenters. The molecule has 0 saturated heterocycles. The van der Waals surface area contributed by atoms with Gasteiger partial charge in [0.1, 0.15) is 48.6 Å². The molecule has 14 rings (SSSR count). The summed E-state index contributed by atoms with van der Waals surface area (Å²) in [5, 5.41) is 0.0669. The summed E-state index contributed by atoms with van der Waals surface area (Å²) in [7, 11) is -15.4. The van der Waals surface area contributed by atoms with E-state index in [1.165, 1.54) is 19.6 Å². The molecule has 0 fully saturated rings. The maximum atomic E-state index is 8.30. The molecule has 0 aliphatic rings. The van der Waals surface area contributed by atoms with Gasteiger partial charge in [-0.25, -0.2) is 39.9 Å². The minimum absolute atomic E-state index is 0.0669. The Morgan fingerprint density at radius 1 is 0.210 bits per heavy atom. The van der Waals surface area contributed by atoms with E-state index in [1.54, 1.807) is 31.3 Å². The molecule has 4 heterocycles. The second-order valence-corrected chi connectivity index (χ2v) is 36.5. The average molecular weight is 1390 g/mol. The van der Waals surface area contributed by atoms with Gasteiger partial charge in [0.05, 0.1) is 39.9 Å². The molecule has 0 atom stereocenters. The van der Waals surface area contributed by atoms with E-state index in [1.807, 2.05) is 291 Å². The van der Waals surface area contributed by atoms with E-state index in [-0.39, 0.29) is 16.2 Å². The molecule has 0 bridgehead atoms. The van der Waals surface area contributed by atoms with Crippen molar-refractivity contribution in [3.63, 3.8) is 0 Å². The lowest BCUT2D eigenvalue weighted by molar-refractivity contribution is 1.10. The third-order valence-electron chi connectivity index (χ3n) is 15.6. The van der Waals surface area contributed by atoms with Crippen LogP contribution in [0.3, 0.4) is 0 Å². The first-order valence-electron chi connectivity index (χ1n) is 43.0. The summed E-state index contributed by atoms with van der Waals surface area (Å²) in [6, 6.07) is 95.8. The van der Waals surface area contributed by atoms with Crippen LogP contribution in [-0.2, 0) is 0 Å². The zero-order valence-corrected chi connectivity index (χ0v) is 60.0. The lowest BCUT2D eigenvalue weighted by Crippen LogP contribution is -2.43. The quantitative estimate of drug-likeness (QED) is 0.0981. The van der Waals surface area contributed by atoms with Crippen molar-refractivity contribution in [2.75, 3.05) is 0 Å². The van der Waals surface area contributed by atoms with Crippen molar-refractivity contribution in [1.29, 1.82) is 0 Å². The van der Waals surface area contributed by atoms with Crippen LogP contribution in [0.2, 0.25) is 78.1 Å². The van der Waals surface area contributed by atoms with Gasteiger partial charge in [0.25, 0.3) is 0 Å². The Hall–Kier alpha value is -10.7. The Balaban J connectivity index is 0.000000159. The molecule has 9 nitrogen and oxygen atoms in total. The largest absolute Gasteiger partial charge is 0.253 e. The third kappa shape index (κ3) is 18.2. The molecule has 10 aromatic carbocycles. The molecule has 0 saturated carbocycles. The molecule has 0 amide bonds. The summed E-state index contributed by atoms with van der Waals surface area (Å²) in [4.78, 5) is 41.9. The number of rotatable bonds is 14. The van der Waals surface area contributed by atoms with Crippen LogP contribution < -0.4 is 21.7 Å². The monoisotopic (exact) mass is 1390 g/mol. The van der Waals surface area contributed by atoms with E-state index >= 15 is 0 Å². The van der Waals surface area contributed by atoms with Gasteiger partial charge < -0.3 is 0 Å². The van der Waals surface area contributed by atoms with Crippen LogP contribution in [0, 0.1) is 0 Å². The summed E-state index contributed by atoms with van der Waals surface area (Å²) in [5.74, 6) is 1.02. The maximum Gasteiger partial charge on any atom is 0.163 e. The molecule has 0 aliphatic heterocycles. The van der Waals surface area contributed by atoms with E-state index < -0.39 is 77.6 Å². The van der Waals surface area contributed by atoms with E-state index in [0.29, 0.717) is 62.5 Å². The molecule has 14 aromatic rings. The third-order valence-corrected chi connectivity index (χ3v) is 20.5. The van der Waals surface area contributed by atoms with E-state index in [9.17, 15) is 0 Å². The van der Waals surface area contributed by atoms with E-state index in [4.69, 9.17) is 48.7 Å².